The van der Waals surface area contributed by atoms with Crippen molar-refractivity contribution in [3.05, 3.63) is 12.2 Å². The van der Waals surface area contributed by atoms with Crippen LogP contribution in [0.2, 0.25) is 0 Å². The fourth-order valence-electron chi connectivity index (χ4n) is 2.25. The van der Waals surface area contributed by atoms with Gasteiger partial charge in [-0.15, -0.1) is 0 Å². The standard InChI is InChI=1S/C13H21NO2/c1-10-5-6-13(7-8-13)14(9-10)11(15)16-12(2,3)4/h1,5-9H2,2-4H3. The number of amides is 1. The summed E-state index contributed by atoms with van der Waals surface area (Å²) in [4.78, 5) is 14.0. The molecule has 0 aromatic rings. The molecule has 0 unspecified atom stereocenters. The highest BCUT2D eigenvalue weighted by Gasteiger charge is 2.52. The van der Waals surface area contributed by atoms with Crippen LogP contribution in [-0.4, -0.2) is 28.7 Å². The molecule has 1 saturated heterocycles. The Balaban J connectivity index is 2.06. The van der Waals surface area contributed by atoms with Gasteiger partial charge >= 0.3 is 6.09 Å². The van der Waals surface area contributed by atoms with E-state index in [0.29, 0.717) is 6.54 Å². The first-order valence-electron chi connectivity index (χ1n) is 6.00. The third-order valence-corrected chi connectivity index (χ3v) is 3.34. The van der Waals surface area contributed by atoms with Crippen LogP contribution in [0, 0.1) is 0 Å². The Morgan fingerprint density at radius 1 is 1.38 bits per heavy atom. The zero-order valence-electron chi connectivity index (χ0n) is 10.5. The number of hydrogen-bond donors (Lipinski definition) is 0. The number of nitrogens with zero attached hydrogens (tertiary/aromatic N) is 1. The predicted molar refractivity (Wildman–Crippen MR) is 63.3 cm³/mol. The van der Waals surface area contributed by atoms with Crippen LogP contribution in [0.25, 0.3) is 0 Å². The molecule has 3 heteroatoms. The minimum Gasteiger partial charge on any atom is -0.444 e. The van der Waals surface area contributed by atoms with Gasteiger partial charge in [-0.25, -0.2) is 4.79 Å². The number of carbonyl (C=O) groups is 1. The van der Waals surface area contributed by atoms with Crippen molar-refractivity contribution in [2.75, 3.05) is 6.54 Å². The lowest BCUT2D eigenvalue weighted by Gasteiger charge is -2.38. The van der Waals surface area contributed by atoms with Gasteiger partial charge in [-0.2, -0.15) is 0 Å². The van der Waals surface area contributed by atoms with E-state index >= 15 is 0 Å². The van der Waals surface area contributed by atoms with Crippen LogP contribution < -0.4 is 0 Å². The van der Waals surface area contributed by atoms with Crippen LogP contribution in [-0.2, 0) is 4.74 Å². The molecular formula is C13H21NO2. The van der Waals surface area contributed by atoms with Gasteiger partial charge in [-0.1, -0.05) is 12.2 Å². The average Bonchev–Trinajstić information content (AvgIpc) is 2.88. The summed E-state index contributed by atoms with van der Waals surface area (Å²) in [7, 11) is 0. The van der Waals surface area contributed by atoms with E-state index in [1.807, 2.05) is 25.7 Å². The molecule has 1 spiro atoms. The number of carbonyl (C=O) groups excluding carboxylic acids is 1. The summed E-state index contributed by atoms with van der Waals surface area (Å²) in [5, 5.41) is 0. The lowest BCUT2D eigenvalue weighted by molar-refractivity contribution is 0.0108. The molecule has 1 saturated carbocycles. The van der Waals surface area contributed by atoms with E-state index < -0.39 is 5.60 Å². The van der Waals surface area contributed by atoms with Crippen molar-refractivity contribution in [1.29, 1.82) is 0 Å². The largest absolute Gasteiger partial charge is 0.444 e. The summed E-state index contributed by atoms with van der Waals surface area (Å²) in [6.07, 6.45) is 4.19. The van der Waals surface area contributed by atoms with Crippen molar-refractivity contribution in [2.45, 2.75) is 57.6 Å². The normalized spacial score (nSPS) is 23.4. The highest BCUT2D eigenvalue weighted by Crippen LogP contribution is 2.49. The highest BCUT2D eigenvalue weighted by atomic mass is 16.6. The van der Waals surface area contributed by atoms with Crippen LogP contribution in [0.15, 0.2) is 12.2 Å². The summed E-state index contributed by atoms with van der Waals surface area (Å²) in [5.74, 6) is 0. The minimum absolute atomic E-state index is 0.115. The lowest BCUT2D eigenvalue weighted by atomic mass is 9.97. The van der Waals surface area contributed by atoms with Crippen molar-refractivity contribution in [3.63, 3.8) is 0 Å². The monoisotopic (exact) mass is 223 g/mol. The molecule has 1 aliphatic heterocycles. The Bertz CT molecular complexity index is 323. The topological polar surface area (TPSA) is 29.5 Å². The third-order valence-electron chi connectivity index (χ3n) is 3.34. The molecule has 16 heavy (non-hydrogen) atoms. The predicted octanol–water partition coefficient (Wildman–Crippen LogP) is 3.11. The summed E-state index contributed by atoms with van der Waals surface area (Å²) in [6.45, 7) is 10.4. The SMILES string of the molecule is C=C1CCC2(CC2)N(C(=O)OC(C)(C)C)C1. The zero-order valence-corrected chi connectivity index (χ0v) is 10.5. The van der Waals surface area contributed by atoms with Crippen LogP contribution in [0.3, 0.4) is 0 Å². The van der Waals surface area contributed by atoms with Gasteiger partial charge in [0, 0.05) is 12.1 Å². The van der Waals surface area contributed by atoms with Crippen molar-refractivity contribution >= 4 is 6.09 Å². The second-order valence-electron chi connectivity index (χ2n) is 6.04. The molecule has 2 aliphatic rings. The number of piperidine rings is 1. The highest BCUT2D eigenvalue weighted by molar-refractivity contribution is 5.70. The molecule has 1 aliphatic carbocycles. The molecule has 0 bridgehead atoms. The van der Waals surface area contributed by atoms with Crippen LogP contribution in [0.5, 0.6) is 0 Å². The third kappa shape index (κ3) is 2.23. The molecule has 0 aromatic heterocycles. The van der Waals surface area contributed by atoms with E-state index in [4.69, 9.17) is 4.74 Å². The molecule has 0 radical (unpaired) electrons. The molecule has 90 valence electrons. The van der Waals surface area contributed by atoms with Gasteiger partial charge in [0.15, 0.2) is 0 Å². The summed E-state index contributed by atoms with van der Waals surface area (Å²) in [5.41, 5.74) is 0.846. The van der Waals surface area contributed by atoms with Gasteiger partial charge < -0.3 is 4.74 Å². The zero-order chi connectivity index (χ0) is 12.0. The maximum Gasteiger partial charge on any atom is 0.411 e. The fourth-order valence-corrected chi connectivity index (χ4v) is 2.25. The van der Waals surface area contributed by atoms with E-state index in [-0.39, 0.29) is 11.6 Å². The fraction of sp³-hybridized carbons (Fsp3) is 0.769. The van der Waals surface area contributed by atoms with Gasteiger partial charge in [0.25, 0.3) is 0 Å². The Labute approximate surface area is 97.5 Å². The Morgan fingerprint density at radius 3 is 2.50 bits per heavy atom. The molecule has 0 atom stereocenters. The molecule has 0 N–H and O–H groups in total. The van der Waals surface area contributed by atoms with E-state index in [0.717, 1.165) is 31.3 Å². The van der Waals surface area contributed by atoms with E-state index in [1.165, 1.54) is 0 Å². The molecule has 2 fully saturated rings. The van der Waals surface area contributed by atoms with Gasteiger partial charge in [0.05, 0.1) is 0 Å². The summed E-state index contributed by atoms with van der Waals surface area (Å²) < 4.78 is 5.45. The first-order valence-corrected chi connectivity index (χ1v) is 6.00. The molecule has 1 amide bonds. The summed E-state index contributed by atoms with van der Waals surface area (Å²) >= 11 is 0. The second kappa shape index (κ2) is 3.51. The maximum atomic E-state index is 12.1. The minimum atomic E-state index is -0.411. The van der Waals surface area contributed by atoms with Crippen LogP contribution in [0.4, 0.5) is 4.79 Å². The average molecular weight is 223 g/mol. The lowest BCUT2D eigenvalue weighted by Crippen LogP contribution is -2.48. The van der Waals surface area contributed by atoms with E-state index in [2.05, 4.69) is 6.58 Å². The Hall–Kier alpha value is -0.990. The summed E-state index contributed by atoms with van der Waals surface area (Å²) in [6, 6.07) is 0. The molecule has 1 heterocycles. The van der Waals surface area contributed by atoms with Crippen molar-refractivity contribution < 1.29 is 9.53 Å². The van der Waals surface area contributed by atoms with Gasteiger partial charge in [0.1, 0.15) is 5.60 Å². The smallest absolute Gasteiger partial charge is 0.411 e. The molecular weight excluding hydrogens is 202 g/mol. The first-order chi connectivity index (χ1) is 7.32. The van der Waals surface area contributed by atoms with Crippen molar-refractivity contribution in [2.24, 2.45) is 0 Å². The quantitative estimate of drug-likeness (QED) is 0.590. The number of ether oxygens (including phenoxy) is 1. The maximum absolute atomic E-state index is 12.1. The van der Waals surface area contributed by atoms with E-state index in [9.17, 15) is 4.79 Å². The van der Waals surface area contributed by atoms with Crippen LogP contribution >= 0.6 is 0 Å². The number of likely N-dealkylation sites (tertiary alicyclic amines) is 1. The number of hydrogen-bond acceptors (Lipinski definition) is 2. The van der Waals surface area contributed by atoms with Crippen molar-refractivity contribution in [1.82, 2.24) is 4.90 Å². The number of rotatable bonds is 0. The van der Waals surface area contributed by atoms with Crippen LogP contribution in [0.1, 0.15) is 46.5 Å². The van der Waals surface area contributed by atoms with Gasteiger partial charge in [-0.05, 0) is 46.5 Å². The first kappa shape index (κ1) is 11.5. The Morgan fingerprint density at radius 2 is 2.00 bits per heavy atom. The molecule has 3 nitrogen and oxygen atoms in total. The van der Waals surface area contributed by atoms with Gasteiger partial charge in [-0.3, -0.25) is 4.90 Å². The molecule has 2 rings (SSSR count). The molecule has 0 aromatic carbocycles. The second-order valence-corrected chi connectivity index (χ2v) is 6.04. The van der Waals surface area contributed by atoms with Crippen molar-refractivity contribution in [3.8, 4) is 0 Å². The Kier molecular flexibility index (Phi) is 2.52. The van der Waals surface area contributed by atoms with Gasteiger partial charge in [0.2, 0.25) is 0 Å². The van der Waals surface area contributed by atoms with E-state index in [1.54, 1.807) is 0 Å².